The van der Waals surface area contributed by atoms with Gasteiger partial charge in [0.1, 0.15) is 0 Å². The van der Waals surface area contributed by atoms with E-state index in [1.165, 1.54) is 5.56 Å². The van der Waals surface area contributed by atoms with Crippen molar-refractivity contribution >= 4 is 11.9 Å². The van der Waals surface area contributed by atoms with Gasteiger partial charge in [-0.1, -0.05) is 24.3 Å². The molecule has 1 aromatic carbocycles. The summed E-state index contributed by atoms with van der Waals surface area (Å²) in [5, 5.41) is 3.07. The van der Waals surface area contributed by atoms with Gasteiger partial charge < -0.3 is 10.2 Å². The third-order valence-corrected chi connectivity index (χ3v) is 6.17. The first-order valence-corrected chi connectivity index (χ1v) is 10.6. The van der Waals surface area contributed by atoms with E-state index in [4.69, 9.17) is 0 Å². The largest absolute Gasteiger partial charge is 0.333 e. The van der Waals surface area contributed by atoms with Gasteiger partial charge in [-0.3, -0.25) is 14.7 Å². The summed E-state index contributed by atoms with van der Waals surface area (Å²) in [6.07, 6.45) is 4.12. The molecule has 0 spiro atoms. The molecule has 4 rings (SSSR count). The zero-order valence-electron chi connectivity index (χ0n) is 18.3. The van der Waals surface area contributed by atoms with Crippen molar-refractivity contribution in [3.8, 4) is 0 Å². The lowest BCUT2D eigenvalue weighted by Gasteiger charge is -2.33. The number of aryl methyl sites for hydroxylation is 3. The molecular formula is C25H28N4O2. The van der Waals surface area contributed by atoms with Gasteiger partial charge in [0.15, 0.2) is 0 Å². The first-order valence-electron chi connectivity index (χ1n) is 10.6. The third kappa shape index (κ3) is 3.85. The maximum Gasteiger partial charge on any atom is 0.322 e. The number of carbonyl (C=O) groups is 2. The number of amides is 3. The van der Waals surface area contributed by atoms with Crippen LogP contribution in [-0.4, -0.2) is 46.4 Å². The highest BCUT2D eigenvalue weighted by atomic mass is 16.2. The van der Waals surface area contributed by atoms with Crippen molar-refractivity contribution in [3.63, 3.8) is 0 Å². The van der Waals surface area contributed by atoms with Crippen LogP contribution in [0.2, 0.25) is 0 Å². The average Bonchev–Trinajstić information content (AvgIpc) is 3.08. The lowest BCUT2D eigenvalue weighted by atomic mass is 9.90. The van der Waals surface area contributed by atoms with Crippen molar-refractivity contribution in [1.82, 2.24) is 20.1 Å². The fraction of sp³-hybridized carbons (Fsp3) is 0.320. The van der Waals surface area contributed by atoms with Crippen LogP contribution in [0.25, 0.3) is 0 Å². The van der Waals surface area contributed by atoms with Crippen LogP contribution >= 0.6 is 0 Å². The zero-order chi connectivity index (χ0) is 22.1. The first kappa shape index (κ1) is 20.8. The van der Waals surface area contributed by atoms with E-state index in [1.807, 2.05) is 30.0 Å². The van der Waals surface area contributed by atoms with E-state index in [2.05, 4.69) is 42.9 Å². The van der Waals surface area contributed by atoms with Gasteiger partial charge >= 0.3 is 6.03 Å². The number of urea groups is 1. The van der Waals surface area contributed by atoms with E-state index in [1.54, 1.807) is 17.2 Å². The number of nitrogens with zero attached hydrogens (tertiary/aromatic N) is 3. The van der Waals surface area contributed by atoms with Crippen LogP contribution in [0.5, 0.6) is 0 Å². The molecule has 2 aliphatic rings. The van der Waals surface area contributed by atoms with Crippen molar-refractivity contribution < 1.29 is 9.59 Å². The average molecular weight is 417 g/mol. The number of hydrogen-bond donors (Lipinski definition) is 1. The normalized spacial score (nSPS) is 18.4. The van der Waals surface area contributed by atoms with E-state index in [0.29, 0.717) is 31.6 Å². The molecule has 6 nitrogen and oxygen atoms in total. The van der Waals surface area contributed by atoms with Gasteiger partial charge in [-0.25, -0.2) is 4.79 Å². The molecule has 3 heterocycles. The topological polar surface area (TPSA) is 65.5 Å². The molecule has 0 aliphatic carbocycles. The number of benzene rings is 1. The Bertz CT molecular complexity index is 1070. The molecule has 0 bridgehead atoms. The number of rotatable bonds is 6. The smallest absolute Gasteiger partial charge is 0.322 e. The molecule has 1 aromatic heterocycles. The fourth-order valence-corrected chi connectivity index (χ4v) is 4.37. The summed E-state index contributed by atoms with van der Waals surface area (Å²) < 4.78 is 0. The molecule has 6 heteroatoms. The van der Waals surface area contributed by atoms with Gasteiger partial charge in [0.05, 0.1) is 23.9 Å². The monoisotopic (exact) mass is 416 g/mol. The van der Waals surface area contributed by atoms with Crippen molar-refractivity contribution in [2.45, 2.75) is 33.2 Å². The maximum absolute atomic E-state index is 13.5. The Labute approximate surface area is 183 Å². The van der Waals surface area contributed by atoms with Crippen LogP contribution in [0.15, 0.2) is 60.5 Å². The molecule has 1 atom stereocenters. The molecule has 1 unspecified atom stereocenters. The molecule has 0 radical (unpaired) electrons. The maximum atomic E-state index is 13.5. The highest BCUT2D eigenvalue weighted by Crippen LogP contribution is 2.38. The van der Waals surface area contributed by atoms with Gasteiger partial charge in [-0.15, -0.1) is 6.58 Å². The van der Waals surface area contributed by atoms with Crippen molar-refractivity contribution in [3.05, 3.63) is 88.4 Å². The van der Waals surface area contributed by atoms with E-state index in [0.717, 1.165) is 28.1 Å². The second-order valence-corrected chi connectivity index (χ2v) is 8.23. The van der Waals surface area contributed by atoms with Crippen LogP contribution < -0.4 is 5.32 Å². The van der Waals surface area contributed by atoms with Crippen molar-refractivity contribution in [2.24, 2.45) is 0 Å². The Morgan fingerprint density at radius 2 is 1.94 bits per heavy atom. The lowest BCUT2D eigenvalue weighted by molar-refractivity contribution is -0.125. The van der Waals surface area contributed by atoms with Gasteiger partial charge in [0.25, 0.3) is 5.91 Å². The summed E-state index contributed by atoms with van der Waals surface area (Å²) in [7, 11) is 0. The van der Waals surface area contributed by atoms with E-state index >= 15 is 0 Å². The summed E-state index contributed by atoms with van der Waals surface area (Å²) in [5.74, 6) is -0.0254. The van der Waals surface area contributed by atoms with Crippen molar-refractivity contribution in [2.75, 3.05) is 19.6 Å². The number of hydrogen-bond acceptors (Lipinski definition) is 3. The first-order chi connectivity index (χ1) is 14.9. The molecule has 0 saturated carbocycles. The molecule has 31 heavy (non-hydrogen) atoms. The van der Waals surface area contributed by atoms with Crippen LogP contribution in [0, 0.1) is 20.8 Å². The predicted molar refractivity (Wildman–Crippen MR) is 120 cm³/mol. The number of nitrogens with one attached hydrogen (secondary N) is 1. The van der Waals surface area contributed by atoms with E-state index in [9.17, 15) is 9.59 Å². The van der Waals surface area contributed by atoms with Crippen LogP contribution in [0.3, 0.4) is 0 Å². The molecule has 2 aromatic rings. The summed E-state index contributed by atoms with van der Waals surface area (Å²) >= 11 is 0. The summed E-state index contributed by atoms with van der Waals surface area (Å²) in [6, 6.07) is 9.36. The van der Waals surface area contributed by atoms with E-state index < -0.39 is 6.04 Å². The third-order valence-electron chi connectivity index (χ3n) is 6.17. The minimum atomic E-state index is -0.449. The second kappa shape index (κ2) is 8.38. The number of carbonyl (C=O) groups excluding carboxylic acids is 2. The molecule has 0 saturated heterocycles. The van der Waals surface area contributed by atoms with Gasteiger partial charge in [0.2, 0.25) is 0 Å². The van der Waals surface area contributed by atoms with Gasteiger partial charge in [0, 0.05) is 31.4 Å². The summed E-state index contributed by atoms with van der Waals surface area (Å²) in [6.45, 7) is 11.3. The standard InChI is InChI=1S/C25H28N4O2/c1-5-11-29-21-15-28(12-9-19-8-6-7-10-26-19)24(30)22(21)23(27-25(29)31)20-14-17(3)16(2)13-18(20)4/h5-8,10,13-14,23H,1,9,11-12,15H2,2-4H3,(H,27,31). The number of aromatic nitrogens is 1. The Balaban J connectivity index is 1.69. The fourth-order valence-electron chi connectivity index (χ4n) is 4.37. The van der Waals surface area contributed by atoms with Gasteiger partial charge in [-0.05, 0) is 55.2 Å². The Kier molecular flexibility index (Phi) is 5.63. The Morgan fingerprint density at radius 1 is 1.16 bits per heavy atom. The highest BCUT2D eigenvalue weighted by molar-refractivity contribution is 6.01. The summed E-state index contributed by atoms with van der Waals surface area (Å²) in [5.41, 5.74) is 6.76. The molecular weight excluding hydrogens is 388 g/mol. The van der Waals surface area contributed by atoms with Crippen LogP contribution in [-0.2, 0) is 11.2 Å². The van der Waals surface area contributed by atoms with Crippen LogP contribution in [0.4, 0.5) is 4.79 Å². The predicted octanol–water partition coefficient (Wildman–Crippen LogP) is 3.60. The summed E-state index contributed by atoms with van der Waals surface area (Å²) in [4.78, 5) is 34.3. The molecule has 0 fully saturated rings. The molecule has 2 aliphatic heterocycles. The molecule has 3 amide bonds. The lowest BCUT2D eigenvalue weighted by Crippen LogP contribution is -2.47. The highest BCUT2D eigenvalue weighted by Gasteiger charge is 2.43. The SMILES string of the molecule is C=CCN1C(=O)NC(c2cc(C)c(C)cc2C)C2=C1CN(CCc1ccccn1)C2=O. The van der Waals surface area contributed by atoms with Gasteiger partial charge in [-0.2, -0.15) is 0 Å². The Morgan fingerprint density at radius 3 is 2.65 bits per heavy atom. The quantitative estimate of drug-likeness (QED) is 0.732. The number of pyridine rings is 1. The Hall–Kier alpha value is -3.41. The van der Waals surface area contributed by atoms with Crippen molar-refractivity contribution in [1.29, 1.82) is 0 Å². The second-order valence-electron chi connectivity index (χ2n) is 8.23. The zero-order valence-corrected chi connectivity index (χ0v) is 18.3. The van der Waals surface area contributed by atoms with Crippen LogP contribution in [0.1, 0.15) is 34.0 Å². The minimum Gasteiger partial charge on any atom is -0.333 e. The minimum absolute atomic E-state index is 0.0254. The molecule has 1 N–H and O–H groups in total. The van der Waals surface area contributed by atoms with E-state index in [-0.39, 0.29) is 11.9 Å². The molecule has 160 valence electrons.